The minimum Gasteiger partial charge on any atom is -0.489 e. The topological polar surface area (TPSA) is 24.5 Å². The first kappa shape index (κ1) is 14.4. The van der Waals surface area contributed by atoms with Crippen molar-refractivity contribution < 1.29 is 4.74 Å². The largest absolute Gasteiger partial charge is 0.489 e. The standard InChI is InChI=1S/C17H19BrN2O/c1-20(11-13-4-2-6-15(18)10-13)12-14-5-3-7-16-17(14)21-9-8-19-16/h2-7,10,19H,8-9,11-12H2,1H3. The lowest BCUT2D eigenvalue weighted by Crippen LogP contribution is -2.22. The van der Waals surface area contributed by atoms with Crippen molar-refractivity contribution in [3.8, 4) is 5.75 Å². The van der Waals surface area contributed by atoms with E-state index in [1.54, 1.807) is 0 Å². The van der Waals surface area contributed by atoms with Gasteiger partial charge in [0.05, 0.1) is 5.69 Å². The van der Waals surface area contributed by atoms with Crippen molar-refractivity contribution in [1.29, 1.82) is 0 Å². The van der Waals surface area contributed by atoms with Crippen LogP contribution in [0.4, 0.5) is 5.69 Å². The van der Waals surface area contributed by atoms with Gasteiger partial charge in [-0.3, -0.25) is 4.90 Å². The van der Waals surface area contributed by atoms with Gasteiger partial charge < -0.3 is 10.1 Å². The zero-order chi connectivity index (χ0) is 14.7. The minimum atomic E-state index is 0.735. The summed E-state index contributed by atoms with van der Waals surface area (Å²) in [6.45, 7) is 3.40. The van der Waals surface area contributed by atoms with E-state index >= 15 is 0 Å². The van der Waals surface area contributed by atoms with Crippen LogP contribution in [0.1, 0.15) is 11.1 Å². The monoisotopic (exact) mass is 346 g/mol. The van der Waals surface area contributed by atoms with Gasteiger partial charge in [0.25, 0.3) is 0 Å². The first-order chi connectivity index (χ1) is 10.2. The van der Waals surface area contributed by atoms with Crippen LogP contribution in [0.3, 0.4) is 0 Å². The lowest BCUT2D eigenvalue weighted by molar-refractivity contribution is 0.291. The molecular weight excluding hydrogens is 328 g/mol. The lowest BCUT2D eigenvalue weighted by Gasteiger charge is -2.24. The normalized spacial score (nSPS) is 13.5. The van der Waals surface area contributed by atoms with Gasteiger partial charge in [0.1, 0.15) is 12.4 Å². The second-order valence-electron chi connectivity index (χ2n) is 5.37. The molecule has 0 bridgehead atoms. The molecular formula is C17H19BrN2O. The summed E-state index contributed by atoms with van der Waals surface area (Å²) in [6, 6.07) is 14.7. The summed E-state index contributed by atoms with van der Waals surface area (Å²) in [7, 11) is 2.14. The Bertz CT molecular complexity index is 630. The molecule has 0 spiro atoms. The molecule has 3 nitrogen and oxygen atoms in total. The molecule has 1 aliphatic rings. The molecule has 0 aliphatic carbocycles. The molecule has 0 amide bonds. The summed E-state index contributed by atoms with van der Waals surface area (Å²) in [6.07, 6.45) is 0. The molecule has 0 saturated heterocycles. The van der Waals surface area contributed by atoms with Gasteiger partial charge in [-0.15, -0.1) is 0 Å². The van der Waals surface area contributed by atoms with Crippen molar-refractivity contribution in [2.75, 3.05) is 25.5 Å². The average molecular weight is 347 g/mol. The van der Waals surface area contributed by atoms with Crippen LogP contribution in [0.5, 0.6) is 5.75 Å². The number of para-hydroxylation sites is 1. The Labute approximate surface area is 134 Å². The number of nitrogens with one attached hydrogen (secondary N) is 1. The van der Waals surface area contributed by atoms with Crippen molar-refractivity contribution in [3.05, 3.63) is 58.1 Å². The van der Waals surface area contributed by atoms with E-state index < -0.39 is 0 Å². The van der Waals surface area contributed by atoms with Gasteiger partial charge in [-0.1, -0.05) is 40.2 Å². The zero-order valence-corrected chi connectivity index (χ0v) is 13.7. The summed E-state index contributed by atoms with van der Waals surface area (Å²) >= 11 is 3.52. The predicted molar refractivity (Wildman–Crippen MR) is 89.7 cm³/mol. The van der Waals surface area contributed by atoms with E-state index in [2.05, 4.69) is 75.7 Å². The smallest absolute Gasteiger partial charge is 0.146 e. The molecule has 0 saturated carbocycles. The number of hydrogen-bond acceptors (Lipinski definition) is 3. The average Bonchev–Trinajstić information content (AvgIpc) is 2.47. The molecule has 0 radical (unpaired) electrons. The fourth-order valence-corrected chi connectivity index (χ4v) is 3.10. The van der Waals surface area contributed by atoms with E-state index in [1.807, 2.05) is 0 Å². The maximum Gasteiger partial charge on any atom is 0.146 e. The predicted octanol–water partition coefficient (Wildman–Crippen LogP) is 3.89. The fourth-order valence-electron chi connectivity index (χ4n) is 2.65. The number of ether oxygens (including phenoxy) is 1. The first-order valence-corrected chi connectivity index (χ1v) is 7.93. The molecule has 1 heterocycles. The van der Waals surface area contributed by atoms with Crippen LogP contribution in [-0.2, 0) is 13.1 Å². The number of rotatable bonds is 4. The number of benzene rings is 2. The highest BCUT2D eigenvalue weighted by molar-refractivity contribution is 9.10. The van der Waals surface area contributed by atoms with Gasteiger partial charge >= 0.3 is 0 Å². The lowest BCUT2D eigenvalue weighted by atomic mass is 10.1. The molecule has 0 atom stereocenters. The molecule has 1 N–H and O–H groups in total. The molecule has 0 aromatic heterocycles. The highest BCUT2D eigenvalue weighted by atomic mass is 79.9. The van der Waals surface area contributed by atoms with E-state index in [-0.39, 0.29) is 0 Å². The second-order valence-corrected chi connectivity index (χ2v) is 6.29. The molecule has 2 aromatic rings. The maximum atomic E-state index is 5.83. The molecule has 2 aromatic carbocycles. The number of anilines is 1. The Morgan fingerprint density at radius 3 is 2.90 bits per heavy atom. The number of halogens is 1. The van der Waals surface area contributed by atoms with Crippen LogP contribution in [0.25, 0.3) is 0 Å². The van der Waals surface area contributed by atoms with Crippen LogP contribution in [0.2, 0.25) is 0 Å². The summed E-state index contributed by atoms with van der Waals surface area (Å²) in [5.41, 5.74) is 3.64. The third-order valence-electron chi connectivity index (χ3n) is 3.54. The SMILES string of the molecule is CN(Cc1cccc(Br)c1)Cc1cccc2c1OCCN2. The van der Waals surface area contributed by atoms with Gasteiger partial charge in [0.15, 0.2) is 0 Å². The number of hydrogen-bond donors (Lipinski definition) is 1. The zero-order valence-electron chi connectivity index (χ0n) is 12.1. The first-order valence-electron chi connectivity index (χ1n) is 7.14. The van der Waals surface area contributed by atoms with Crippen molar-refractivity contribution >= 4 is 21.6 Å². The van der Waals surface area contributed by atoms with E-state index in [4.69, 9.17) is 4.74 Å². The van der Waals surface area contributed by atoms with Gasteiger partial charge in [-0.25, -0.2) is 0 Å². The Hall–Kier alpha value is -1.52. The van der Waals surface area contributed by atoms with Gasteiger partial charge in [-0.2, -0.15) is 0 Å². The van der Waals surface area contributed by atoms with Gasteiger partial charge in [-0.05, 0) is 30.8 Å². The summed E-state index contributed by atoms with van der Waals surface area (Å²) in [5, 5.41) is 3.38. The third-order valence-corrected chi connectivity index (χ3v) is 4.04. The van der Waals surface area contributed by atoms with Crippen LogP contribution in [0.15, 0.2) is 46.9 Å². The minimum absolute atomic E-state index is 0.735. The van der Waals surface area contributed by atoms with Crippen LogP contribution < -0.4 is 10.1 Å². The quantitative estimate of drug-likeness (QED) is 0.908. The number of nitrogens with zero attached hydrogens (tertiary/aromatic N) is 1. The summed E-state index contributed by atoms with van der Waals surface area (Å²) in [5.74, 6) is 1.00. The summed E-state index contributed by atoms with van der Waals surface area (Å²) in [4.78, 5) is 2.30. The van der Waals surface area contributed by atoms with Crippen molar-refractivity contribution in [2.45, 2.75) is 13.1 Å². The van der Waals surface area contributed by atoms with Crippen molar-refractivity contribution in [2.24, 2.45) is 0 Å². The van der Waals surface area contributed by atoms with E-state index in [1.165, 1.54) is 11.1 Å². The fraction of sp³-hybridized carbons (Fsp3) is 0.294. The highest BCUT2D eigenvalue weighted by Crippen LogP contribution is 2.32. The van der Waals surface area contributed by atoms with E-state index in [0.717, 1.165) is 42.2 Å². The van der Waals surface area contributed by atoms with Crippen molar-refractivity contribution in [1.82, 2.24) is 4.90 Å². The molecule has 0 fully saturated rings. The molecule has 1 aliphatic heterocycles. The van der Waals surface area contributed by atoms with Crippen LogP contribution in [-0.4, -0.2) is 25.1 Å². The van der Waals surface area contributed by atoms with E-state index in [0.29, 0.717) is 0 Å². The molecule has 4 heteroatoms. The molecule has 3 rings (SSSR count). The molecule has 110 valence electrons. The Morgan fingerprint density at radius 1 is 1.19 bits per heavy atom. The van der Waals surface area contributed by atoms with Crippen molar-refractivity contribution in [3.63, 3.8) is 0 Å². The third kappa shape index (κ3) is 3.57. The molecule has 0 unspecified atom stereocenters. The maximum absolute atomic E-state index is 5.83. The molecule has 21 heavy (non-hydrogen) atoms. The van der Waals surface area contributed by atoms with Crippen LogP contribution >= 0.6 is 15.9 Å². The van der Waals surface area contributed by atoms with Gasteiger partial charge in [0, 0.05) is 29.7 Å². The Balaban J connectivity index is 1.71. The second kappa shape index (κ2) is 6.50. The Kier molecular flexibility index (Phi) is 4.46. The Morgan fingerprint density at radius 2 is 2.05 bits per heavy atom. The summed E-state index contributed by atoms with van der Waals surface area (Å²) < 4.78 is 6.95. The van der Waals surface area contributed by atoms with E-state index in [9.17, 15) is 0 Å². The van der Waals surface area contributed by atoms with Gasteiger partial charge in [0.2, 0.25) is 0 Å². The van der Waals surface area contributed by atoms with Crippen LogP contribution in [0, 0.1) is 0 Å². The highest BCUT2D eigenvalue weighted by Gasteiger charge is 2.14. The number of fused-ring (bicyclic) bond motifs is 1.